The van der Waals surface area contributed by atoms with Crippen LogP contribution in [0.1, 0.15) is 19.8 Å². The first-order valence-corrected chi connectivity index (χ1v) is 10.9. The summed E-state index contributed by atoms with van der Waals surface area (Å²) in [5, 5.41) is 14.7. The van der Waals surface area contributed by atoms with E-state index in [-0.39, 0.29) is 30.6 Å². The number of carboxylic acids is 1. The topological polar surface area (TPSA) is 128 Å². The molecule has 0 fully saturated rings. The average molecular weight is 469 g/mol. The van der Waals surface area contributed by atoms with Crippen molar-refractivity contribution < 1.29 is 29.0 Å². The van der Waals surface area contributed by atoms with Gasteiger partial charge in [-0.2, -0.15) is 0 Å². The Morgan fingerprint density at radius 1 is 0.853 bits per heavy atom. The molecule has 0 spiro atoms. The number of nitrogens with zero attached hydrogens (tertiary/aromatic N) is 2. The van der Waals surface area contributed by atoms with Crippen LogP contribution < -0.4 is 20.4 Å². The number of para-hydroxylation sites is 4. The summed E-state index contributed by atoms with van der Waals surface area (Å²) in [6.45, 7) is 2.07. The van der Waals surface area contributed by atoms with Crippen molar-refractivity contribution in [2.75, 3.05) is 41.1 Å². The predicted molar refractivity (Wildman–Crippen MR) is 128 cm³/mol. The molecule has 0 saturated heterocycles. The number of ether oxygens (including phenoxy) is 1. The molecule has 2 amide bonds. The number of carbonyl (C=O) groups is 4. The Labute approximate surface area is 197 Å². The van der Waals surface area contributed by atoms with Crippen LogP contribution >= 0.6 is 0 Å². The number of benzene rings is 2. The van der Waals surface area contributed by atoms with E-state index in [1.165, 1.54) is 4.90 Å². The molecule has 2 heterocycles. The van der Waals surface area contributed by atoms with E-state index in [9.17, 15) is 19.2 Å². The second kappa shape index (κ2) is 10.7. The molecule has 0 bridgehead atoms. The fourth-order valence-electron chi connectivity index (χ4n) is 3.82. The number of amides is 2. The van der Waals surface area contributed by atoms with E-state index in [2.05, 4.69) is 10.6 Å². The number of fused-ring (bicyclic) bond motifs is 2. The first-order valence-electron chi connectivity index (χ1n) is 10.9. The molecule has 34 heavy (non-hydrogen) atoms. The van der Waals surface area contributed by atoms with Crippen molar-refractivity contribution >= 4 is 46.5 Å². The van der Waals surface area contributed by atoms with E-state index in [1.54, 1.807) is 25.9 Å². The highest BCUT2D eigenvalue weighted by atomic mass is 16.5. The van der Waals surface area contributed by atoms with Gasteiger partial charge < -0.3 is 30.3 Å². The van der Waals surface area contributed by atoms with Gasteiger partial charge in [-0.15, -0.1) is 0 Å². The number of hydrogen-bond donors (Lipinski definition) is 3. The molecule has 2 atom stereocenters. The van der Waals surface area contributed by atoms with E-state index in [4.69, 9.17) is 9.84 Å². The maximum Gasteiger partial charge on any atom is 0.308 e. The molecule has 0 radical (unpaired) electrons. The summed E-state index contributed by atoms with van der Waals surface area (Å²) in [5.41, 5.74) is 3.24. The smallest absolute Gasteiger partial charge is 0.308 e. The first-order chi connectivity index (χ1) is 16.2. The van der Waals surface area contributed by atoms with Crippen molar-refractivity contribution in [1.29, 1.82) is 0 Å². The maximum atomic E-state index is 12.1. The minimum atomic E-state index is -0.987. The SMILES string of the molecule is CCOC(=O)CC1Nc2ccccc2N(C)C1=O.CN1C(=O)C(CC(=O)O)Nc2ccccc21. The molecule has 10 heteroatoms. The number of anilines is 4. The van der Waals surface area contributed by atoms with Gasteiger partial charge in [0, 0.05) is 14.1 Å². The third kappa shape index (κ3) is 5.45. The van der Waals surface area contributed by atoms with Gasteiger partial charge in [0.2, 0.25) is 11.8 Å². The molecule has 3 N–H and O–H groups in total. The van der Waals surface area contributed by atoms with Crippen molar-refractivity contribution in [2.24, 2.45) is 0 Å². The zero-order chi connectivity index (χ0) is 24.8. The summed E-state index contributed by atoms with van der Waals surface area (Å²) >= 11 is 0. The Morgan fingerprint density at radius 2 is 1.29 bits per heavy atom. The molecule has 2 aromatic carbocycles. The van der Waals surface area contributed by atoms with Gasteiger partial charge in [0.25, 0.3) is 0 Å². The Balaban J connectivity index is 0.000000192. The lowest BCUT2D eigenvalue weighted by Gasteiger charge is -2.32. The number of rotatable bonds is 5. The standard InChI is InChI=1S/C13H16N2O3.C11H12N2O3/c1-3-18-12(16)8-10-13(17)15(2)11-7-5-4-6-9(11)14-10;1-13-9-5-3-2-4-7(9)12-8(11(13)16)6-10(14)15/h4-7,10,14H,3,8H2,1-2H3;2-5,8,12H,6H2,1H3,(H,14,15). The van der Waals surface area contributed by atoms with Gasteiger partial charge in [0.05, 0.1) is 42.2 Å². The van der Waals surface area contributed by atoms with Gasteiger partial charge in [-0.3, -0.25) is 19.2 Å². The van der Waals surface area contributed by atoms with Crippen LogP contribution in [-0.4, -0.2) is 61.6 Å². The van der Waals surface area contributed by atoms with Crippen molar-refractivity contribution in [3.63, 3.8) is 0 Å². The molecule has 2 aliphatic rings. The normalized spacial score (nSPS) is 18.4. The number of carbonyl (C=O) groups excluding carboxylic acids is 3. The Kier molecular flexibility index (Phi) is 7.72. The van der Waals surface area contributed by atoms with Crippen LogP contribution in [0.2, 0.25) is 0 Å². The molecule has 2 aromatic rings. The highest BCUT2D eigenvalue weighted by Gasteiger charge is 2.32. The quantitative estimate of drug-likeness (QED) is 0.571. The zero-order valence-corrected chi connectivity index (χ0v) is 19.3. The number of esters is 1. The number of nitrogens with one attached hydrogen (secondary N) is 2. The second-order valence-electron chi connectivity index (χ2n) is 7.83. The van der Waals surface area contributed by atoms with Crippen molar-refractivity contribution in [2.45, 2.75) is 31.8 Å². The monoisotopic (exact) mass is 468 g/mol. The molecule has 4 rings (SSSR count). The highest BCUT2D eigenvalue weighted by molar-refractivity contribution is 6.06. The lowest BCUT2D eigenvalue weighted by atomic mass is 10.1. The van der Waals surface area contributed by atoms with Crippen molar-refractivity contribution in [1.82, 2.24) is 0 Å². The first kappa shape index (κ1) is 24.6. The van der Waals surface area contributed by atoms with Gasteiger partial charge in [-0.25, -0.2) is 0 Å². The van der Waals surface area contributed by atoms with Crippen LogP contribution in [0.3, 0.4) is 0 Å². The van der Waals surface area contributed by atoms with Gasteiger partial charge in [0.1, 0.15) is 12.1 Å². The molecular formula is C24H28N4O6. The molecule has 0 aromatic heterocycles. The van der Waals surface area contributed by atoms with Crippen molar-refractivity contribution in [3.8, 4) is 0 Å². The molecule has 180 valence electrons. The summed E-state index contributed by atoms with van der Waals surface area (Å²) in [4.78, 5) is 49.0. The summed E-state index contributed by atoms with van der Waals surface area (Å²) in [7, 11) is 3.36. The van der Waals surface area contributed by atoms with E-state index in [1.807, 2.05) is 48.5 Å². The summed E-state index contributed by atoms with van der Waals surface area (Å²) in [6.07, 6.45) is -0.164. The number of aliphatic carboxylic acids is 1. The Morgan fingerprint density at radius 3 is 1.74 bits per heavy atom. The van der Waals surface area contributed by atoms with E-state index in [0.717, 1.165) is 22.7 Å². The van der Waals surface area contributed by atoms with Gasteiger partial charge in [-0.05, 0) is 31.2 Å². The van der Waals surface area contributed by atoms with Gasteiger partial charge >= 0.3 is 11.9 Å². The van der Waals surface area contributed by atoms with Crippen LogP contribution in [0.4, 0.5) is 22.7 Å². The van der Waals surface area contributed by atoms with E-state index < -0.39 is 18.1 Å². The molecule has 2 unspecified atom stereocenters. The molecular weight excluding hydrogens is 440 g/mol. The maximum absolute atomic E-state index is 12.1. The highest BCUT2D eigenvalue weighted by Crippen LogP contribution is 2.31. The predicted octanol–water partition coefficient (Wildman–Crippen LogP) is 2.31. The molecule has 0 saturated carbocycles. The van der Waals surface area contributed by atoms with Crippen molar-refractivity contribution in [3.05, 3.63) is 48.5 Å². The van der Waals surface area contributed by atoms with E-state index in [0.29, 0.717) is 6.61 Å². The Hall–Kier alpha value is -4.08. The summed E-state index contributed by atoms with van der Waals surface area (Å²) in [6, 6.07) is 13.6. The minimum absolute atomic E-state index is 0.0470. The fourth-order valence-corrected chi connectivity index (χ4v) is 3.82. The van der Waals surface area contributed by atoms with Gasteiger partial charge in [0.15, 0.2) is 0 Å². The van der Waals surface area contributed by atoms with Crippen LogP contribution in [0, 0.1) is 0 Å². The molecule has 10 nitrogen and oxygen atoms in total. The number of hydrogen-bond acceptors (Lipinski definition) is 7. The molecule has 0 aliphatic carbocycles. The van der Waals surface area contributed by atoms with E-state index >= 15 is 0 Å². The minimum Gasteiger partial charge on any atom is -0.481 e. The third-order valence-corrected chi connectivity index (χ3v) is 5.50. The second-order valence-corrected chi connectivity index (χ2v) is 7.83. The fraction of sp³-hybridized carbons (Fsp3) is 0.333. The number of likely N-dealkylation sites (N-methyl/N-ethyl adjacent to an activating group) is 2. The molecule has 2 aliphatic heterocycles. The van der Waals surface area contributed by atoms with Gasteiger partial charge in [-0.1, -0.05) is 24.3 Å². The Bertz CT molecular complexity index is 1090. The summed E-state index contributed by atoms with van der Waals surface area (Å²) in [5.74, 6) is -1.70. The van der Waals surface area contributed by atoms with Crippen LogP contribution in [0.15, 0.2) is 48.5 Å². The average Bonchev–Trinajstić information content (AvgIpc) is 2.81. The largest absolute Gasteiger partial charge is 0.481 e. The van der Waals surface area contributed by atoms with Crippen LogP contribution in [0.5, 0.6) is 0 Å². The lowest BCUT2D eigenvalue weighted by molar-refractivity contribution is -0.144. The number of carboxylic acid groups (broad SMARTS) is 1. The summed E-state index contributed by atoms with van der Waals surface area (Å²) < 4.78 is 4.87. The van der Waals surface area contributed by atoms with Crippen LogP contribution in [0.25, 0.3) is 0 Å². The lowest BCUT2D eigenvalue weighted by Crippen LogP contribution is -2.46. The zero-order valence-electron chi connectivity index (χ0n) is 19.3. The third-order valence-electron chi connectivity index (χ3n) is 5.50. The van der Waals surface area contributed by atoms with Crippen LogP contribution in [-0.2, 0) is 23.9 Å².